The topological polar surface area (TPSA) is 36.9 Å². The molecule has 0 fully saturated rings. The Bertz CT molecular complexity index is 101. The second kappa shape index (κ2) is 6.82. The zero-order chi connectivity index (χ0) is 9.45. The van der Waals surface area contributed by atoms with Crippen LogP contribution in [0.5, 0.6) is 0 Å². The molecule has 12 heavy (non-hydrogen) atoms. The van der Waals surface area contributed by atoms with Gasteiger partial charge in [0.1, 0.15) is 0 Å². The molecule has 0 aromatic carbocycles. The van der Waals surface area contributed by atoms with E-state index >= 15 is 0 Å². The summed E-state index contributed by atoms with van der Waals surface area (Å²) < 4.78 is 20.3. The molecule has 0 radical (unpaired) electrons. The third-order valence-corrected chi connectivity index (χ3v) is 3.63. The monoisotopic (exact) mass is 214 g/mol. The van der Waals surface area contributed by atoms with Crippen LogP contribution in [-0.2, 0) is 17.7 Å². The van der Waals surface area contributed by atoms with Crippen LogP contribution in [0.1, 0.15) is 6.42 Å². The average Bonchev–Trinajstić information content (AvgIpc) is 2.14. The highest BCUT2D eigenvalue weighted by Crippen LogP contribution is 2.08. The fourth-order valence-electron chi connectivity index (χ4n) is 0.678. The maximum Gasteiger partial charge on any atom is 0.678 e. The van der Waals surface area contributed by atoms with E-state index in [1.165, 1.54) is 21.3 Å². The minimum atomic E-state index is -2.81. The summed E-state index contributed by atoms with van der Waals surface area (Å²) in [6.45, 7) is 0.491. The number of hydrogen-bond acceptors (Lipinski definition) is 4. The molecule has 6 heteroatoms. The molecule has 74 valence electrons. The number of hydrogen-bond donors (Lipinski definition) is 0. The smallest absolute Gasteiger partial charge is 0.355 e. The lowest BCUT2D eigenvalue weighted by molar-refractivity contribution is 0.00623. The minimum absolute atomic E-state index is 0.491. The molecule has 0 aliphatic carbocycles. The first-order valence-electron chi connectivity index (χ1n) is 3.60. The Balaban J connectivity index is 3.76. The van der Waals surface area contributed by atoms with Gasteiger partial charge in [-0.05, 0) is 6.42 Å². The van der Waals surface area contributed by atoms with Gasteiger partial charge >= 0.3 is 9.05 Å². The van der Waals surface area contributed by atoms with E-state index in [2.05, 4.69) is 0 Å². The molecule has 0 spiro atoms. The van der Waals surface area contributed by atoms with Gasteiger partial charge in [-0.25, -0.2) is 0 Å². The first kappa shape index (κ1) is 12.3. The van der Waals surface area contributed by atoms with Crippen LogP contribution in [-0.4, -0.2) is 42.9 Å². The molecule has 0 aliphatic heterocycles. The lowest BCUT2D eigenvalue weighted by Gasteiger charge is -2.22. The highest BCUT2D eigenvalue weighted by atomic mass is 35.5. The number of halogens is 1. The summed E-state index contributed by atoms with van der Waals surface area (Å²) in [7, 11) is 1.69. The Morgan fingerprint density at radius 2 is 1.58 bits per heavy atom. The maximum absolute atomic E-state index is 5.47. The molecule has 0 N–H and O–H groups in total. The summed E-state index contributed by atoms with van der Waals surface area (Å²) in [5.41, 5.74) is 0. The van der Waals surface area contributed by atoms with Gasteiger partial charge in [0, 0.05) is 33.8 Å². The van der Waals surface area contributed by atoms with E-state index in [0.29, 0.717) is 12.5 Å². The highest BCUT2D eigenvalue weighted by Gasteiger charge is 2.41. The normalized spacial score (nSPS) is 12.0. The number of alkyl halides is 1. The SMILES string of the molecule is CO[Si](OC)(OC)OCCCCl. The predicted molar refractivity (Wildman–Crippen MR) is 48.1 cm³/mol. The van der Waals surface area contributed by atoms with E-state index < -0.39 is 9.05 Å². The van der Waals surface area contributed by atoms with Crippen molar-refractivity contribution in [2.45, 2.75) is 6.42 Å². The number of rotatable bonds is 7. The van der Waals surface area contributed by atoms with Crippen molar-refractivity contribution in [2.24, 2.45) is 0 Å². The van der Waals surface area contributed by atoms with Gasteiger partial charge in [-0.1, -0.05) is 0 Å². The molecule has 0 aromatic heterocycles. The van der Waals surface area contributed by atoms with Gasteiger partial charge < -0.3 is 17.7 Å². The van der Waals surface area contributed by atoms with Gasteiger partial charge in [-0.3, -0.25) is 0 Å². The Labute approximate surface area is 79.2 Å². The molecule has 4 nitrogen and oxygen atoms in total. The van der Waals surface area contributed by atoms with E-state index in [1.54, 1.807) is 0 Å². The van der Waals surface area contributed by atoms with E-state index in [4.69, 9.17) is 29.3 Å². The van der Waals surface area contributed by atoms with Crippen LogP contribution in [0, 0.1) is 0 Å². The molecule has 0 atom stereocenters. The van der Waals surface area contributed by atoms with Crippen LogP contribution >= 0.6 is 11.6 Å². The van der Waals surface area contributed by atoms with Crippen molar-refractivity contribution in [1.29, 1.82) is 0 Å². The molecule has 0 bridgehead atoms. The van der Waals surface area contributed by atoms with Gasteiger partial charge in [0.15, 0.2) is 0 Å². The van der Waals surface area contributed by atoms with E-state index in [9.17, 15) is 0 Å². The van der Waals surface area contributed by atoms with Crippen LogP contribution in [0.2, 0.25) is 0 Å². The molecule has 0 rings (SSSR count). The third kappa shape index (κ3) is 3.84. The van der Waals surface area contributed by atoms with Crippen molar-refractivity contribution in [1.82, 2.24) is 0 Å². The maximum atomic E-state index is 5.47. The lowest BCUT2D eigenvalue weighted by Crippen LogP contribution is -2.46. The van der Waals surface area contributed by atoms with Crippen molar-refractivity contribution in [3.05, 3.63) is 0 Å². The standard InChI is InChI=1S/C6H15ClO4Si/c1-8-12(9-2,10-3)11-6-4-5-7/h4-6H2,1-3H3. The Morgan fingerprint density at radius 1 is 1.08 bits per heavy atom. The van der Waals surface area contributed by atoms with Crippen molar-refractivity contribution in [2.75, 3.05) is 33.8 Å². The fraction of sp³-hybridized carbons (Fsp3) is 1.00. The second-order valence-electron chi connectivity index (χ2n) is 2.00. The quantitative estimate of drug-likeness (QED) is 0.360. The van der Waals surface area contributed by atoms with Crippen molar-refractivity contribution >= 4 is 20.6 Å². The van der Waals surface area contributed by atoms with Gasteiger partial charge in [0.2, 0.25) is 0 Å². The lowest BCUT2D eigenvalue weighted by atomic mass is 10.5. The van der Waals surface area contributed by atoms with Crippen LogP contribution < -0.4 is 0 Å². The molecule has 0 aliphatic rings. The summed E-state index contributed by atoms with van der Waals surface area (Å²) in [5, 5.41) is 0. The third-order valence-electron chi connectivity index (χ3n) is 1.31. The summed E-state index contributed by atoms with van der Waals surface area (Å²) >= 11 is 5.47. The molecule has 0 saturated carbocycles. The summed E-state index contributed by atoms with van der Waals surface area (Å²) in [5.74, 6) is 0.557. The van der Waals surface area contributed by atoms with Gasteiger partial charge in [0.25, 0.3) is 0 Å². The van der Waals surface area contributed by atoms with E-state index in [0.717, 1.165) is 6.42 Å². The first-order valence-corrected chi connectivity index (χ1v) is 5.76. The molecular formula is C6H15ClO4Si. The van der Waals surface area contributed by atoms with Crippen LogP contribution in [0.15, 0.2) is 0 Å². The summed E-state index contributed by atoms with van der Waals surface area (Å²) in [6, 6.07) is 0. The Kier molecular flexibility index (Phi) is 7.02. The minimum Gasteiger partial charge on any atom is -0.355 e. The van der Waals surface area contributed by atoms with E-state index in [-0.39, 0.29) is 0 Å². The molecule has 0 unspecified atom stereocenters. The molecule has 0 amide bonds. The summed E-state index contributed by atoms with van der Waals surface area (Å²) in [4.78, 5) is 0. The molecule has 0 aromatic rings. The molecule has 0 saturated heterocycles. The largest absolute Gasteiger partial charge is 0.678 e. The first-order chi connectivity index (χ1) is 5.74. The van der Waals surface area contributed by atoms with Gasteiger partial charge in [-0.15, -0.1) is 11.6 Å². The van der Waals surface area contributed by atoms with Gasteiger partial charge in [-0.2, -0.15) is 0 Å². The predicted octanol–water partition coefficient (Wildman–Crippen LogP) is 1.01. The zero-order valence-electron chi connectivity index (χ0n) is 7.63. The zero-order valence-corrected chi connectivity index (χ0v) is 9.39. The molecule has 0 heterocycles. The van der Waals surface area contributed by atoms with Crippen LogP contribution in [0.4, 0.5) is 0 Å². The van der Waals surface area contributed by atoms with Crippen molar-refractivity contribution < 1.29 is 17.7 Å². The van der Waals surface area contributed by atoms with Gasteiger partial charge in [0.05, 0.1) is 0 Å². The van der Waals surface area contributed by atoms with Crippen molar-refractivity contribution in [3.8, 4) is 0 Å². The highest BCUT2D eigenvalue weighted by molar-refractivity contribution is 6.53. The molecular weight excluding hydrogens is 200 g/mol. The van der Waals surface area contributed by atoms with Crippen LogP contribution in [0.3, 0.4) is 0 Å². The fourth-order valence-corrected chi connectivity index (χ4v) is 2.04. The van der Waals surface area contributed by atoms with Crippen molar-refractivity contribution in [3.63, 3.8) is 0 Å². The van der Waals surface area contributed by atoms with Crippen LogP contribution in [0.25, 0.3) is 0 Å². The summed E-state index contributed by atoms with van der Waals surface area (Å²) in [6.07, 6.45) is 0.756. The second-order valence-corrected chi connectivity index (χ2v) is 4.89. The average molecular weight is 215 g/mol. The Hall–Kier alpha value is 0.347. The van der Waals surface area contributed by atoms with E-state index in [1.807, 2.05) is 0 Å². The Morgan fingerprint density at radius 3 is 1.92 bits per heavy atom.